The Morgan fingerprint density at radius 2 is 1.62 bits per heavy atom. The number of carbonyl (C=O) groups is 3. The number of aliphatic hydroxyl groups excluding tert-OH is 1. The second-order valence-corrected chi connectivity index (χ2v) is 2.50. The van der Waals surface area contributed by atoms with Gasteiger partial charge in [-0.2, -0.15) is 0 Å². The summed E-state index contributed by atoms with van der Waals surface area (Å²) in [7, 11) is 0. The second kappa shape index (κ2) is 13.6. The minimum absolute atomic E-state index is 0.0915. The number of rotatable bonds is 6. The molecule has 0 aromatic carbocycles. The zero-order chi connectivity index (χ0) is 12.8. The van der Waals surface area contributed by atoms with Crippen molar-refractivity contribution < 1.29 is 29.0 Å². The molecule has 16 heavy (non-hydrogen) atoms. The van der Waals surface area contributed by atoms with E-state index in [0.29, 0.717) is 19.1 Å². The van der Waals surface area contributed by atoms with Crippen LogP contribution in [0.1, 0.15) is 26.7 Å². The summed E-state index contributed by atoms with van der Waals surface area (Å²) in [6.07, 6.45) is 1.25. The molecule has 94 valence electrons. The molecule has 0 aromatic rings. The molecule has 0 fully saturated rings. The van der Waals surface area contributed by atoms with Crippen LogP contribution >= 0.6 is 0 Å². The van der Waals surface area contributed by atoms with E-state index in [2.05, 4.69) is 9.47 Å². The lowest BCUT2D eigenvalue weighted by Crippen LogP contribution is -2.06. The van der Waals surface area contributed by atoms with E-state index < -0.39 is 0 Å². The van der Waals surface area contributed by atoms with Gasteiger partial charge in [-0.1, -0.05) is 13.8 Å². The highest BCUT2D eigenvalue weighted by Crippen LogP contribution is 1.81. The number of aldehydes is 1. The Morgan fingerprint density at radius 1 is 1.12 bits per heavy atom. The average Bonchev–Trinajstić information content (AvgIpc) is 2.33. The van der Waals surface area contributed by atoms with Crippen LogP contribution in [0.25, 0.3) is 0 Å². The molecule has 1 N–H and O–H groups in total. The van der Waals surface area contributed by atoms with Crippen LogP contribution in [0, 0.1) is 0 Å². The summed E-state index contributed by atoms with van der Waals surface area (Å²) in [4.78, 5) is 30.0. The van der Waals surface area contributed by atoms with Crippen molar-refractivity contribution in [3.05, 3.63) is 0 Å². The van der Waals surface area contributed by atoms with Crippen molar-refractivity contribution in [2.75, 3.05) is 19.8 Å². The molecule has 0 unspecified atom stereocenters. The van der Waals surface area contributed by atoms with E-state index in [1.165, 1.54) is 0 Å². The van der Waals surface area contributed by atoms with Gasteiger partial charge in [-0.3, -0.25) is 14.4 Å². The van der Waals surface area contributed by atoms with E-state index in [9.17, 15) is 14.4 Å². The van der Waals surface area contributed by atoms with Crippen LogP contribution in [-0.2, 0) is 23.9 Å². The molecule has 0 saturated heterocycles. The third kappa shape index (κ3) is 15.1. The fourth-order valence-electron chi connectivity index (χ4n) is 0.491. The third-order valence-corrected chi connectivity index (χ3v) is 1.24. The Kier molecular flexibility index (Phi) is 14.4. The summed E-state index contributed by atoms with van der Waals surface area (Å²) in [5.74, 6) is -0.601. The van der Waals surface area contributed by atoms with E-state index in [-0.39, 0.29) is 31.8 Å². The zero-order valence-corrected chi connectivity index (χ0v) is 9.60. The molecule has 0 spiro atoms. The largest absolute Gasteiger partial charge is 0.463 e. The Morgan fingerprint density at radius 3 is 2.00 bits per heavy atom. The van der Waals surface area contributed by atoms with Crippen LogP contribution in [0.3, 0.4) is 0 Å². The summed E-state index contributed by atoms with van der Waals surface area (Å²) in [6, 6.07) is 0. The highest BCUT2D eigenvalue weighted by atomic mass is 16.5. The van der Waals surface area contributed by atoms with Gasteiger partial charge in [0.15, 0.2) is 6.29 Å². The Balaban J connectivity index is 0. The molecule has 0 aliphatic rings. The molecule has 0 aliphatic carbocycles. The summed E-state index contributed by atoms with van der Waals surface area (Å²) in [6.45, 7) is 3.29. The fraction of sp³-hybridized carbons (Fsp3) is 0.700. The minimum atomic E-state index is -0.336. The first kappa shape index (κ1) is 17.0. The third-order valence-electron chi connectivity index (χ3n) is 1.24. The second-order valence-electron chi connectivity index (χ2n) is 2.50. The maximum Gasteiger partial charge on any atom is 0.305 e. The lowest BCUT2D eigenvalue weighted by Gasteiger charge is -1.96. The van der Waals surface area contributed by atoms with Gasteiger partial charge in [-0.05, 0) is 0 Å². The molecule has 6 nitrogen and oxygen atoms in total. The summed E-state index contributed by atoms with van der Waals surface area (Å²) in [5.41, 5.74) is 0. The topological polar surface area (TPSA) is 89.9 Å². The molecular formula is C10H18O6. The standard InChI is InChI=1S/C5H10O3.C5H8O3/c2*1-2-5(7)8-4-3-6/h6H,2-4H2,1H3;3H,2,4H2,1H3. The van der Waals surface area contributed by atoms with Gasteiger partial charge in [-0.25, -0.2) is 0 Å². The molecule has 0 aliphatic heterocycles. The summed E-state index contributed by atoms with van der Waals surface area (Å²) in [5, 5.41) is 8.13. The van der Waals surface area contributed by atoms with Gasteiger partial charge in [-0.15, -0.1) is 0 Å². The first-order valence-corrected chi connectivity index (χ1v) is 4.98. The molecule has 0 aromatic heterocycles. The van der Waals surface area contributed by atoms with Gasteiger partial charge in [0.25, 0.3) is 0 Å². The highest BCUT2D eigenvalue weighted by Gasteiger charge is 1.94. The lowest BCUT2D eigenvalue weighted by molar-refractivity contribution is -0.145. The molecule has 0 atom stereocenters. The van der Waals surface area contributed by atoms with Gasteiger partial charge in [0.05, 0.1) is 6.61 Å². The summed E-state index contributed by atoms with van der Waals surface area (Å²) >= 11 is 0. The number of ether oxygens (including phenoxy) is 2. The molecule has 6 heteroatoms. The molecule has 0 rings (SSSR count). The predicted molar refractivity (Wildman–Crippen MR) is 55.6 cm³/mol. The molecule has 0 radical (unpaired) electrons. The number of carbonyl (C=O) groups excluding carboxylic acids is 3. The van der Waals surface area contributed by atoms with E-state index in [4.69, 9.17) is 5.11 Å². The maximum absolute atomic E-state index is 10.2. The Bertz CT molecular complexity index is 201. The molecule has 0 saturated carbocycles. The van der Waals surface area contributed by atoms with Crippen molar-refractivity contribution in [2.24, 2.45) is 0 Å². The van der Waals surface area contributed by atoms with Crippen LogP contribution in [-0.4, -0.2) is 43.2 Å². The normalized spacial score (nSPS) is 8.44. The molecule has 0 bridgehead atoms. The average molecular weight is 234 g/mol. The molecular weight excluding hydrogens is 216 g/mol. The van der Waals surface area contributed by atoms with Gasteiger partial charge in [0.2, 0.25) is 0 Å². The number of hydrogen-bond acceptors (Lipinski definition) is 6. The van der Waals surface area contributed by atoms with E-state index in [1.807, 2.05) is 0 Å². The van der Waals surface area contributed by atoms with Gasteiger partial charge in [0, 0.05) is 12.8 Å². The quantitative estimate of drug-likeness (QED) is 0.516. The van der Waals surface area contributed by atoms with Crippen LogP contribution < -0.4 is 0 Å². The first-order chi connectivity index (χ1) is 7.62. The van der Waals surface area contributed by atoms with Crippen LogP contribution in [0.5, 0.6) is 0 Å². The Hall–Kier alpha value is -1.43. The first-order valence-electron chi connectivity index (χ1n) is 4.98. The predicted octanol–water partition coefficient (Wildman–Crippen LogP) is 0.0704. The van der Waals surface area contributed by atoms with Crippen molar-refractivity contribution in [2.45, 2.75) is 26.7 Å². The SMILES string of the molecule is CCC(=O)OCC=O.CCC(=O)OCCO. The van der Waals surface area contributed by atoms with Crippen LogP contribution in [0.15, 0.2) is 0 Å². The smallest absolute Gasteiger partial charge is 0.305 e. The van der Waals surface area contributed by atoms with E-state index in [1.54, 1.807) is 13.8 Å². The zero-order valence-electron chi connectivity index (χ0n) is 9.60. The fourth-order valence-corrected chi connectivity index (χ4v) is 0.491. The summed E-state index contributed by atoms with van der Waals surface area (Å²) < 4.78 is 8.78. The van der Waals surface area contributed by atoms with Crippen molar-refractivity contribution in [1.82, 2.24) is 0 Å². The number of aliphatic hydroxyl groups is 1. The molecule has 0 heterocycles. The monoisotopic (exact) mass is 234 g/mol. The van der Waals surface area contributed by atoms with Crippen LogP contribution in [0.2, 0.25) is 0 Å². The number of hydrogen-bond donors (Lipinski definition) is 1. The van der Waals surface area contributed by atoms with Crippen molar-refractivity contribution in [1.29, 1.82) is 0 Å². The maximum atomic E-state index is 10.2. The van der Waals surface area contributed by atoms with E-state index in [0.717, 1.165) is 0 Å². The number of esters is 2. The van der Waals surface area contributed by atoms with E-state index >= 15 is 0 Å². The lowest BCUT2D eigenvalue weighted by atomic mass is 10.5. The van der Waals surface area contributed by atoms with Crippen molar-refractivity contribution in [3.63, 3.8) is 0 Å². The van der Waals surface area contributed by atoms with Gasteiger partial charge in [0.1, 0.15) is 13.2 Å². The van der Waals surface area contributed by atoms with Crippen molar-refractivity contribution >= 4 is 18.2 Å². The van der Waals surface area contributed by atoms with Crippen LogP contribution in [0.4, 0.5) is 0 Å². The molecule has 0 amide bonds. The highest BCUT2D eigenvalue weighted by molar-refractivity contribution is 5.70. The van der Waals surface area contributed by atoms with Gasteiger partial charge >= 0.3 is 11.9 Å². The minimum Gasteiger partial charge on any atom is -0.463 e. The van der Waals surface area contributed by atoms with Crippen molar-refractivity contribution in [3.8, 4) is 0 Å². The van der Waals surface area contributed by atoms with Gasteiger partial charge < -0.3 is 14.6 Å². The Labute approximate surface area is 94.5 Å².